The van der Waals surface area contributed by atoms with Crippen molar-refractivity contribution in [2.45, 2.75) is 44.6 Å². The van der Waals surface area contributed by atoms with E-state index in [1.54, 1.807) is 32.2 Å². The average molecular weight is 581 g/mol. The largest absolute Gasteiger partial charge is 0.478 e. The molecule has 1 N–H and O–H groups in total. The van der Waals surface area contributed by atoms with Crippen LogP contribution in [0.2, 0.25) is 5.02 Å². The number of carbonyl (C=O) groups is 1. The molecule has 9 nitrogen and oxygen atoms in total. The van der Waals surface area contributed by atoms with Crippen LogP contribution in [0.1, 0.15) is 53.0 Å². The SMILES string of the molecule is COCCn1c(CN2CCC(c3cccc4c3OC(C)(c3ccc(Cl)cc3F)O4)CC2)nc2ncc(C(=O)O)cc21. The van der Waals surface area contributed by atoms with Gasteiger partial charge in [-0.05, 0) is 62.2 Å². The molecule has 0 spiro atoms. The number of carboxylic acids is 1. The molecule has 6 rings (SSSR count). The van der Waals surface area contributed by atoms with Crippen molar-refractivity contribution < 1.29 is 28.5 Å². The van der Waals surface area contributed by atoms with Crippen LogP contribution in [0.15, 0.2) is 48.7 Å². The van der Waals surface area contributed by atoms with Gasteiger partial charge >= 0.3 is 5.97 Å². The monoisotopic (exact) mass is 580 g/mol. The van der Waals surface area contributed by atoms with E-state index in [9.17, 15) is 14.3 Å². The second kappa shape index (κ2) is 10.9. The molecular weight excluding hydrogens is 551 g/mol. The van der Waals surface area contributed by atoms with Gasteiger partial charge < -0.3 is 23.9 Å². The maximum absolute atomic E-state index is 14.8. The number of rotatable bonds is 8. The minimum absolute atomic E-state index is 0.125. The Bertz CT molecular complexity index is 1620. The maximum Gasteiger partial charge on any atom is 0.337 e. The minimum Gasteiger partial charge on any atom is -0.478 e. The van der Waals surface area contributed by atoms with Crippen LogP contribution in [0.25, 0.3) is 11.2 Å². The lowest BCUT2D eigenvalue weighted by Crippen LogP contribution is -2.34. The van der Waals surface area contributed by atoms with Crippen molar-refractivity contribution in [3.8, 4) is 11.5 Å². The van der Waals surface area contributed by atoms with E-state index < -0.39 is 17.6 Å². The fourth-order valence-electron chi connectivity index (χ4n) is 5.76. The third-order valence-electron chi connectivity index (χ3n) is 7.87. The van der Waals surface area contributed by atoms with E-state index in [0.717, 1.165) is 37.3 Å². The number of benzene rings is 2. The van der Waals surface area contributed by atoms with Gasteiger partial charge in [0.15, 0.2) is 17.1 Å². The van der Waals surface area contributed by atoms with Crippen LogP contribution in [-0.2, 0) is 23.6 Å². The molecule has 1 fully saturated rings. The summed E-state index contributed by atoms with van der Waals surface area (Å²) in [5.41, 5.74) is 2.68. The number of imidazole rings is 1. The van der Waals surface area contributed by atoms with E-state index >= 15 is 0 Å². The third-order valence-corrected chi connectivity index (χ3v) is 8.11. The van der Waals surface area contributed by atoms with Crippen LogP contribution in [-0.4, -0.2) is 57.3 Å². The van der Waals surface area contributed by atoms with E-state index in [1.807, 2.05) is 16.7 Å². The number of carboxylic acid groups (broad SMARTS) is 1. The summed E-state index contributed by atoms with van der Waals surface area (Å²) in [6.45, 7) is 5.01. The Labute approximate surface area is 241 Å². The zero-order valence-electron chi connectivity index (χ0n) is 22.8. The van der Waals surface area contributed by atoms with Crippen molar-refractivity contribution in [1.82, 2.24) is 19.4 Å². The summed E-state index contributed by atoms with van der Waals surface area (Å²) in [6, 6.07) is 12.0. The average Bonchev–Trinajstić information content (AvgIpc) is 3.48. The molecule has 1 unspecified atom stereocenters. The molecule has 214 valence electrons. The number of fused-ring (bicyclic) bond motifs is 2. The number of ether oxygens (including phenoxy) is 3. The molecule has 0 saturated carbocycles. The first-order valence-electron chi connectivity index (χ1n) is 13.5. The van der Waals surface area contributed by atoms with Crippen molar-refractivity contribution in [3.63, 3.8) is 0 Å². The lowest BCUT2D eigenvalue weighted by Gasteiger charge is -2.32. The molecule has 4 aromatic rings. The zero-order chi connectivity index (χ0) is 28.7. The standard InChI is InChI=1S/C30H30ClFN4O5/c1-30(22-7-6-20(31)15-23(22)32)40-25-5-3-4-21(27(25)41-30)18-8-10-35(11-9-18)17-26-34-28-24(36(26)12-13-39-2)14-19(16-33-28)29(37)38/h3-7,14-16,18H,8-13,17H2,1-2H3,(H,37,38). The summed E-state index contributed by atoms with van der Waals surface area (Å²) >= 11 is 5.96. The van der Waals surface area contributed by atoms with Gasteiger partial charge in [-0.15, -0.1) is 0 Å². The van der Waals surface area contributed by atoms with Crippen molar-refractivity contribution in [2.75, 3.05) is 26.8 Å². The molecule has 0 radical (unpaired) electrons. The van der Waals surface area contributed by atoms with E-state index in [4.69, 9.17) is 30.8 Å². The van der Waals surface area contributed by atoms with Crippen LogP contribution in [0, 0.1) is 5.82 Å². The van der Waals surface area contributed by atoms with Gasteiger partial charge in [0.2, 0.25) is 0 Å². The quantitative estimate of drug-likeness (QED) is 0.288. The number of pyridine rings is 1. The number of hydrogen-bond donors (Lipinski definition) is 1. The molecule has 11 heteroatoms. The molecule has 0 aliphatic carbocycles. The van der Waals surface area contributed by atoms with Crippen molar-refractivity contribution in [1.29, 1.82) is 0 Å². The zero-order valence-corrected chi connectivity index (χ0v) is 23.5. The smallest absolute Gasteiger partial charge is 0.337 e. The van der Waals surface area contributed by atoms with Gasteiger partial charge in [0, 0.05) is 37.4 Å². The van der Waals surface area contributed by atoms with Gasteiger partial charge in [-0.25, -0.2) is 19.2 Å². The van der Waals surface area contributed by atoms with Gasteiger partial charge in [0.1, 0.15) is 11.6 Å². The molecule has 2 aliphatic rings. The number of halogens is 2. The Kier molecular flexibility index (Phi) is 7.31. The van der Waals surface area contributed by atoms with E-state index in [2.05, 4.69) is 16.0 Å². The fraction of sp³-hybridized carbons (Fsp3) is 0.367. The van der Waals surface area contributed by atoms with E-state index in [-0.39, 0.29) is 11.5 Å². The van der Waals surface area contributed by atoms with E-state index in [0.29, 0.717) is 52.9 Å². The number of para-hydroxylation sites is 1. The second-order valence-electron chi connectivity index (χ2n) is 10.5. The molecule has 0 bridgehead atoms. The summed E-state index contributed by atoms with van der Waals surface area (Å²) in [5, 5.41) is 9.74. The highest BCUT2D eigenvalue weighted by Gasteiger charge is 2.43. The van der Waals surface area contributed by atoms with Crippen LogP contribution in [0.3, 0.4) is 0 Å². The highest BCUT2D eigenvalue weighted by Crippen LogP contribution is 2.49. The van der Waals surface area contributed by atoms with Crippen molar-refractivity contribution >= 4 is 28.7 Å². The first-order chi connectivity index (χ1) is 19.8. The maximum atomic E-state index is 14.8. The second-order valence-corrected chi connectivity index (χ2v) is 11.0. The van der Waals surface area contributed by atoms with E-state index in [1.165, 1.54) is 12.3 Å². The van der Waals surface area contributed by atoms with Crippen LogP contribution < -0.4 is 9.47 Å². The van der Waals surface area contributed by atoms with Crippen LogP contribution >= 0.6 is 11.6 Å². The number of aromatic nitrogens is 3. The van der Waals surface area contributed by atoms with Crippen LogP contribution in [0.5, 0.6) is 11.5 Å². The highest BCUT2D eigenvalue weighted by molar-refractivity contribution is 6.30. The fourth-order valence-corrected chi connectivity index (χ4v) is 5.92. The highest BCUT2D eigenvalue weighted by atomic mass is 35.5. The summed E-state index contributed by atoms with van der Waals surface area (Å²) in [6.07, 6.45) is 3.13. The topological polar surface area (TPSA) is 98.9 Å². The van der Waals surface area contributed by atoms with Gasteiger partial charge in [0.25, 0.3) is 5.79 Å². The molecule has 4 heterocycles. The predicted octanol–water partition coefficient (Wildman–Crippen LogP) is 5.59. The Morgan fingerprint density at radius 2 is 2.02 bits per heavy atom. The molecule has 2 aromatic carbocycles. The lowest BCUT2D eigenvalue weighted by molar-refractivity contribution is -0.0712. The number of nitrogens with zero attached hydrogens (tertiary/aromatic N) is 4. The Balaban J connectivity index is 1.18. The molecule has 1 saturated heterocycles. The number of aromatic carboxylic acids is 1. The molecule has 41 heavy (non-hydrogen) atoms. The predicted molar refractivity (Wildman–Crippen MR) is 150 cm³/mol. The third kappa shape index (κ3) is 5.23. The molecular formula is C30H30ClFN4O5. The first kappa shape index (κ1) is 27.4. The first-order valence-corrected chi connectivity index (χ1v) is 13.9. The summed E-state index contributed by atoms with van der Waals surface area (Å²) in [4.78, 5) is 22.9. The summed E-state index contributed by atoms with van der Waals surface area (Å²) in [7, 11) is 1.63. The molecule has 2 aromatic heterocycles. The van der Waals surface area contributed by atoms with Crippen molar-refractivity contribution in [2.24, 2.45) is 0 Å². The minimum atomic E-state index is -1.29. The number of likely N-dealkylation sites (tertiary alicyclic amines) is 1. The number of piperidine rings is 1. The molecule has 0 amide bonds. The number of methoxy groups -OCH3 is 1. The van der Waals surface area contributed by atoms with Gasteiger partial charge in [-0.2, -0.15) is 0 Å². The Morgan fingerprint density at radius 1 is 1.22 bits per heavy atom. The Hall–Kier alpha value is -3.73. The van der Waals surface area contributed by atoms with Gasteiger partial charge in [-0.3, -0.25) is 4.90 Å². The summed E-state index contributed by atoms with van der Waals surface area (Å²) in [5.74, 6) is -0.468. The molecule has 2 aliphatic heterocycles. The normalized spacial score (nSPS) is 19.2. The molecule has 1 atom stereocenters. The summed E-state index contributed by atoms with van der Waals surface area (Å²) < 4.78 is 34.5. The Morgan fingerprint density at radius 3 is 2.76 bits per heavy atom. The van der Waals surface area contributed by atoms with Gasteiger partial charge in [-0.1, -0.05) is 23.7 Å². The van der Waals surface area contributed by atoms with Crippen molar-refractivity contribution in [3.05, 3.63) is 82.0 Å². The van der Waals surface area contributed by atoms with Gasteiger partial charge in [0.05, 0.1) is 29.8 Å². The van der Waals surface area contributed by atoms with Crippen LogP contribution in [0.4, 0.5) is 4.39 Å². The number of hydrogen-bond acceptors (Lipinski definition) is 7. The lowest BCUT2D eigenvalue weighted by atomic mass is 9.88.